The van der Waals surface area contributed by atoms with Crippen LogP contribution in [0.15, 0.2) is 12.1 Å². The third kappa shape index (κ3) is 2.60. The van der Waals surface area contributed by atoms with Gasteiger partial charge in [-0.15, -0.1) is 0 Å². The van der Waals surface area contributed by atoms with Crippen LogP contribution in [0.25, 0.3) is 0 Å². The third-order valence-corrected chi connectivity index (χ3v) is 2.63. The number of ketones is 1. The maximum atomic E-state index is 13.4. The standard InChI is InChI=1S/C13H18FNO/c1-5-6-15(4)13-7-9(2)12(14)8-11(13)10(3)16/h7-8H,5-6H2,1-4H3. The molecule has 88 valence electrons. The van der Waals surface area contributed by atoms with Crippen molar-refractivity contribution in [2.24, 2.45) is 0 Å². The van der Waals surface area contributed by atoms with Crippen LogP contribution in [0.2, 0.25) is 0 Å². The molecule has 0 heterocycles. The average molecular weight is 223 g/mol. The van der Waals surface area contributed by atoms with E-state index in [1.54, 1.807) is 13.0 Å². The highest BCUT2D eigenvalue weighted by Gasteiger charge is 2.13. The summed E-state index contributed by atoms with van der Waals surface area (Å²) in [4.78, 5) is 13.4. The first kappa shape index (κ1) is 12.7. The summed E-state index contributed by atoms with van der Waals surface area (Å²) < 4.78 is 13.4. The van der Waals surface area contributed by atoms with Crippen molar-refractivity contribution in [1.82, 2.24) is 0 Å². The van der Waals surface area contributed by atoms with Gasteiger partial charge < -0.3 is 4.90 Å². The predicted molar refractivity (Wildman–Crippen MR) is 64.7 cm³/mol. The van der Waals surface area contributed by atoms with Gasteiger partial charge in [0.1, 0.15) is 5.82 Å². The first-order chi connectivity index (χ1) is 7.47. The van der Waals surface area contributed by atoms with Crippen LogP contribution in [0.5, 0.6) is 0 Å². The zero-order valence-corrected chi connectivity index (χ0v) is 10.3. The Morgan fingerprint density at radius 1 is 1.44 bits per heavy atom. The van der Waals surface area contributed by atoms with Crippen LogP contribution in [0, 0.1) is 12.7 Å². The number of halogens is 1. The topological polar surface area (TPSA) is 20.3 Å². The molecule has 0 unspecified atom stereocenters. The van der Waals surface area contributed by atoms with Crippen LogP contribution in [0.3, 0.4) is 0 Å². The Labute approximate surface area is 96.1 Å². The summed E-state index contributed by atoms with van der Waals surface area (Å²) in [6, 6.07) is 3.07. The van der Waals surface area contributed by atoms with E-state index >= 15 is 0 Å². The maximum Gasteiger partial charge on any atom is 0.161 e. The van der Waals surface area contributed by atoms with E-state index < -0.39 is 0 Å². The van der Waals surface area contributed by atoms with E-state index in [-0.39, 0.29) is 11.6 Å². The SMILES string of the molecule is CCCN(C)c1cc(C)c(F)cc1C(C)=O. The molecule has 0 aromatic heterocycles. The fraction of sp³-hybridized carbons (Fsp3) is 0.462. The second-order valence-electron chi connectivity index (χ2n) is 4.10. The summed E-state index contributed by atoms with van der Waals surface area (Å²) in [6.07, 6.45) is 0.990. The van der Waals surface area contributed by atoms with Gasteiger partial charge in [0.05, 0.1) is 0 Å². The van der Waals surface area contributed by atoms with Crippen molar-refractivity contribution in [3.8, 4) is 0 Å². The van der Waals surface area contributed by atoms with Crippen molar-refractivity contribution in [2.75, 3.05) is 18.5 Å². The molecule has 0 N–H and O–H groups in total. The van der Waals surface area contributed by atoms with Gasteiger partial charge in [-0.05, 0) is 38.0 Å². The Bertz CT molecular complexity index is 401. The van der Waals surface area contributed by atoms with Crippen molar-refractivity contribution >= 4 is 11.5 Å². The number of anilines is 1. The molecular weight excluding hydrogens is 205 g/mol. The van der Waals surface area contributed by atoms with E-state index in [4.69, 9.17) is 0 Å². The zero-order valence-electron chi connectivity index (χ0n) is 10.3. The molecular formula is C13H18FNO. The molecule has 1 aromatic rings. The van der Waals surface area contributed by atoms with Crippen LogP contribution >= 0.6 is 0 Å². The van der Waals surface area contributed by atoms with Crippen LogP contribution in [0.1, 0.15) is 36.2 Å². The molecule has 0 bridgehead atoms. The summed E-state index contributed by atoms with van der Waals surface area (Å²) >= 11 is 0. The van der Waals surface area contributed by atoms with E-state index in [1.165, 1.54) is 13.0 Å². The molecule has 1 rings (SSSR count). The third-order valence-electron chi connectivity index (χ3n) is 2.63. The molecule has 1 aromatic carbocycles. The lowest BCUT2D eigenvalue weighted by Gasteiger charge is -2.21. The molecule has 0 radical (unpaired) electrons. The fourth-order valence-electron chi connectivity index (χ4n) is 1.72. The monoisotopic (exact) mass is 223 g/mol. The Hall–Kier alpha value is -1.38. The summed E-state index contributed by atoms with van der Waals surface area (Å²) in [5, 5.41) is 0. The van der Waals surface area contributed by atoms with Crippen LogP contribution < -0.4 is 4.90 Å². The predicted octanol–water partition coefficient (Wildman–Crippen LogP) is 3.18. The molecule has 0 aliphatic heterocycles. The van der Waals surface area contributed by atoms with Gasteiger partial charge in [-0.1, -0.05) is 6.92 Å². The minimum absolute atomic E-state index is 0.100. The second kappa shape index (κ2) is 5.10. The Balaban J connectivity index is 3.24. The van der Waals surface area contributed by atoms with Crippen molar-refractivity contribution in [3.63, 3.8) is 0 Å². The lowest BCUT2D eigenvalue weighted by Crippen LogP contribution is -2.20. The number of carbonyl (C=O) groups is 1. The van der Waals surface area contributed by atoms with Gasteiger partial charge in [0, 0.05) is 24.8 Å². The van der Waals surface area contributed by atoms with E-state index in [9.17, 15) is 9.18 Å². The summed E-state index contributed by atoms with van der Waals surface area (Å²) in [6.45, 7) is 6.10. The highest BCUT2D eigenvalue weighted by Crippen LogP contribution is 2.24. The Kier molecular flexibility index (Phi) is 4.05. The largest absolute Gasteiger partial charge is 0.374 e. The molecule has 0 saturated heterocycles. The first-order valence-corrected chi connectivity index (χ1v) is 5.49. The first-order valence-electron chi connectivity index (χ1n) is 5.49. The molecule has 3 heteroatoms. The number of carbonyl (C=O) groups excluding carboxylic acids is 1. The fourth-order valence-corrected chi connectivity index (χ4v) is 1.72. The molecule has 0 saturated carbocycles. The minimum Gasteiger partial charge on any atom is -0.374 e. The van der Waals surface area contributed by atoms with Gasteiger partial charge in [0.2, 0.25) is 0 Å². The second-order valence-corrected chi connectivity index (χ2v) is 4.10. The molecule has 0 spiro atoms. The van der Waals surface area contributed by atoms with Crippen LogP contribution in [-0.4, -0.2) is 19.4 Å². The number of nitrogens with zero attached hydrogens (tertiary/aromatic N) is 1. The number of hydrogen-bond donors (Lipinski definition) is 0. The number of rotatable bonds is 4. The number of aryl methyl sites for hydroxylation is 1. The average Bonchev–Trinajstić information content (AvgIpc) is 2.21. The summed E-state index contributed by atoms with van der Waals surface area (Å²) in [5.41, 5.74) is 1.84. The summed E-state index contributed by atoms with van der Waals surface area (Å²) in [5.74, 6) is -0.421. The molecule has 0 amide bonds. The molecule has 16 heavy (non-hydrogen) atoms. The highest BCUT2D eigenvalue weighted by molar-refractivity contribution is 5.99. The Morgan fingerprint density at radius 3 is 2.56 bits per heavy atom. The summed E-state index contributed by atoms with van der Waals surface area (Å²) in [7, 11) is 1.92. The molecule has 0 aliphatic rings. The normalized spacial score (nSPS) is 10.3. The molecule has 0 atom stereocenters. The van der Waals surface area contributed by atoms with Gasteiger partial charge in [-0.3, -0.25) is 4.79 Å². The van der Waals surface area contributed by atoms with E-state index in [0.717, 1.165) is 18.7 Å². The highest BCUT2D eigenvalue weighted by atomic mass is 19.1. The molecule has 2 nitrogen and oxygen atoms in total. The van der Waals surface area contributed by atoms with Crippen molar-refractivity contribution in [2.45, 2.75) is 27.2 Å². The zero-order chi connectivity index (χ0) is 12.3. The van der Waals surface area contributed by atoms with Gasteiger partial charge in [0.25, 0.3) is 0 Å². The van der Waals surface area contributed by atoms with Crippen LogP contribution in [0.4, 0.5) is 10.1 Å². The smallest absolute Gasteiger partial charge is 0.161 e. The number of benzene rings is 1. The molecule has 0 aliphatic carbocycles. The van der Waals surface area contributed by atoms with E-state index in [2.05, 4.69) is 6.92 Å². The van der Waals surface area contributed by atoms with Crippen molar-refractivity contribution < 1.29 is 9.18 Å². The number of Topliss-reactive ketones (excluding diaryl/α,β-unsaturated/α-hetero) is 1. The van der Waals surface area contributed by atoms with E-state index in [0.29, 0.717) is 11.1 Å². The lowest BCUT2D eigenvalue weighted by atomic mass is 10.0. The van der Waals surface area contributed by atoms with E-state index in [1.807, 2.05) is 11.9 Å². The molecule has 0 fully saturated rings. The van der Waals surface area contributed by atoms with Gasteiger partial charge in [-0.2, -0.15) is 0 Å². The maximum absolute atomic E-state index is 13.4. The quantitative estimate of drug-likeness (QED) is 0.731. The van der Waals surface area contributed by atoms with Crippen molar-refractivity contribution in [1.29, 1.82) is 0 Å². The Morgan fingerprint density at radius 2 is 2.06 bits per heavy atom. The minimum atomic E-state index is -0.321. The van der Waals surface area contributed by atoms with Crippen LogP contribution in [-0.2, 0) is 0 Å². The van der Waals surface area contributed by atoms with Gasteiger partial charge in [-0.25, -0.2) is 4.39 Å². The van der Waals surface area contributed by atoms with Gasteiger partial charge in [0.15, 0.2) is 5.78 Å². The number of hydrogen-bond acceptors (Lipinski definition) is 2. The lowest BCUT2D eigenvalue weighted by molar-refractivity contribution is 0.101. The van der Waals surface area contributed by atoms with Gasteiger partial charge >= 0.3 is 0 Å². The van der Waals surface area contributed by atoms with Crippen molar-refractivity contribution in [3.05, 3.63) is 29.1 Å².